The Hall–Kier alpha value is -3.44. The van der Waals surface area contributed by atoms with Crippen LogP contribution in [-0.2, 0) is 18.9 Å². The maximum atomic E-state index is 14.2. The molecule has 2 saturated heterocycles. The molecule has 4 heterocycles. The van der Waals surface area contributed by atoms with Crippen molar-refractivity contribution in [2.45, 2.75) is 41.0 Å². The lowest BCUT2D eigenvalue weighted by Gasteiger charge is -2.48. The highest BCUT2D eigenvalue weighted by Crippen LogP contribution is 2.44. The highest BCUT2D eigenvalue weighted by atomic mass is 35.5. The molecule has 4 aromatic rings. The monoisotopic (exact) mass is 597 g/mol. The van der Waals surface area contributed by atoms with Gasteiger partial charge in [0, 0.05) is 35.5 Å². The van der Waals surface area contributed by atoms with Crippen LogP contribution in [0.5, 0.6) is 0 Å². The quantitative estimate of drug-likeness (QED) is 0.273. The zero-order valence-corrected chi connectivity index (χ0v) is 23.0. The van der Waals surface area contributed by atoms with Crippen LogP contribution in [0.15, 0.2) is 72.0 Å². The second-order valence-corrected chi connectivity index (χ2v) is 10.9. The summed E-state index contributed by atoms with van der Waals surface area (Å²) < 4.78 is 54.9. The van der Waals surface area contributed by atoms with E-state index in [1.807, 2.05) is 30.3 Å². The summed E-state index contributed by atoms with van der Waals surface area (Å²) in [5.74, 6) is -1.81. The van der Waals surface area contributed by atoms with Crippen molar-refractivity contribution in [3.63, 3.8) is 0 Å². The Bertz CT molecular complexity index is 1570. The number of ether oxygens (including phenoxy) is 4. The summed E-state index contributed by atoms with van der Waals surface area (Å²) in [7, 11) is 1.55. The SMILES string of the molecule is CO[C@H]1C(n2cc(-c3cc(F)c(Cl)c(F)c3)nn2)[C@H]2OC(c3ccccc3)OCC2O[C@@H]1Sc1cncc(C#N)c1. The maximum Gasteiger partial charge on any atom is 0.184 e. The van der Waals surface area contributed by atoms with Crippen molar-refractivity contribution in [2.75, 3.05) is 13.7 Å². The van der Waals surface area contributed by atoms with Crippen LogP contribution in [0.1, 0.15) is 23.5 Å². The number of thioether (sulfide) groups is 1. The molecule has 0 amide bonds. The summed E-state index contributed by atoms with van der Waals surface area (Å²) >= 11 is 7.01. The Kier molecular flexibility index (Phi) is 7.99. The highest BCUT2D eigenvalue weighted by molar-refractivity contribution is 7.99. The van der Waals surface area contributed by atoms with Gasteiger partial charge in [0.1, 0.15) is 58.2 Å². The minimum Gasteiger partial charge on any atom is -0.375 e. The fourth-order valence-corrected chi connectivity index (χ4v) is 6.23. The first kappa shape index (κ1) is 27.7. The van der Waals surface area contributed by atoms with Crippen LogP contribution in [0.4, 0.5) is 8.78 Å². The fourth-order valence-electron chi connectivity index (χ4n) is 4.93. The summed E-state index contributed by atoms with van der Waals surface area (Å²) in [5, 5.41) is 17.2. The zero-order chi connectivity index (χ0) is 28.5. The number of nitriles is 1. The molecule has 2 aromatic heterocycles. The van der Waals surface area contributed by atoms with Crippen LogP contribution < -0.4 is 0 Å². The van der Waals surface area contributed by atoms with Gasteiger partial charge in [0.05, 0.1) is 18.4 Å². The van der Waals surface area contributed by atoms with Gasteiger partial charge in [-0.15, -0.1) is 5.10 Å². The van der Waals surface area contributed by atoms with Crippen LogP contribution in [0.3, 0.4) is 0 Å². The molecule has 0 N–H and O–H groups in total. The van der Waals surface area contributed by atoms with Gasteiger partial charge in [-0.2, -0.15) is 5.26 Å². The molecule has 2 aliphatic rings. The summed E-state index contributed by atoms with van der Waals surface area (Å²) in [6, 6.07) is 14.9. The number of hydrogen-bond acceptors (Lipinski definition) is 9. The minimum atomic E-state index is -0.903. The molecule has 2 aliphatic heterocycles. The largest absolute Gasteiger partial charge is 0.375 e. The van der Waals surface area contributed by atoms with Gasteiger partial charge >= 0.3 is 0 Å². The molecule has 0 bridgehead atoms. The van der Waals surface area contributed by atoms with Crippen molar-refractivity contribution in [1.29, 1.82) is 5.26 Å². The van der Waals surface area contributed by atoms with E-state index in [0.29, 0.717) is 10.5 Å². The van der Waals surface area contributed by atoms with Gasteiger partial charge in [0.25, 0.3) is 0 Å². The Morgan fingerprint density at radius 1 is 1.12 bits per heavy atom. The average molecular weight is 598 g/mol. The number of aromatic nitrogens is 4. The van der Waals surface area contributed by atoms with Crippen molar-refractivity contribution < 1.29 is 27.7 Å². The van der Waals surface area contributed by atoms with Crippen molar-refractivity contribution >= 4 is 23.4 Å². The Morgan fingerprint density at radius 2 is 1.90 bits per heavy atom. The normalized spacial score (nSPS) is 25.8. The van der Waals surface area contributed by atoms with Gasteiger partial charge in [0.2, 0.25) is 0 Å². The van der Waals surface area contributed by atoms with Crippen molar-refractivity contribution in [3.8, 4) is 17.3 Å². The third-order valence-electron chi connectivity index (χ3n) is 6.84. The second-order valence-electron chi connectivity index (χ2n) is 9.39. The van der Waals surface area contributed by atoms with Gasteiger partial charge in [0.15, 0.2) is 6.29 Å². The maximum absolute atomic E-state index is 14.2. The third kappa shape index (κ3) is 5.57. The smallest absolute Gasteiger partial charge is 0.184 e. The molecular formula is C28H22ClF2N5O4S. The molecule has 9 nitrogen and oxygen atoms in total. The van der Waals surface area contributed by atoms with E-state index in [1.165, 1.54) is 18.0 Å². The number of benzene rings is 2. The molecule has 2 fully saturated rings. The van der Waals surface area contributed by atoms with E-state index in [-0.39, 0.29) is 17.9 Å². The van der Waals surface area contributed by atoms with E-state index >= 15 is 0 Å². The number of pyridine rings is 1. The predicted molar refractivity (Wildman–Crippen MR) is 144 cm³/mol. The van der Waals surface area contributed by atoms with Gasteiger partial charge < -0.3 is 18.9 Å². The molecule has 3 unspecified atom stereocenters. The molecule has 6 atom stereocenters. The number of halogens is 3. The Labute approximate surface area is 242 Å². The van der Waals surface area contributed by atoms with Crippen molar-refractivity contribution in [2.24, 2.45) is 0 Å². The van der Waals surface area contributed by atoms with Gasteiger partial charge in [-0.05, 0) is 18.2 Å². The summed E-state index contributed by atoms with van der Waals surface area (Å²) in [6.45, 7) is 0.222. The van der Waals surface area contributed by atoms with Crippen LogP contribution in [0.25, 0.3) is 11.3 Å². The number of fused-ring (bicyclic) bond motifs is 1. The van der Waals surface area contributed by atoms with Gasteiger partial charge in [-0.25, -0.2) is 13.5 Å². The van der Waals surface area contributed by atoms with Crippen LogP contribution in [0.2, 0.25) is 5.02 Å². The molecule has 13 heteroatoms. The molecule has 0 spiro atoms. The molecule has 210 valence electrons. The van der Waals surface area contributed by atoms with E-state index in [4.69, 9.17) is 30.5 Å². The number of hydrogen-bond donors (Lipinski definition) is 0. The predicted octanol–water partition coefficient (Wildman–Crippen LogP) is 5.33. The lowest BCUT2D eigenvalue weighted by molar-refractivity contribution is -0.308. The first-order chi connectivity index (χ1) is 19.9. The second kappa shape index (κ2) is 11.8. The lowest BCUT2D eigenvalue weighted by atomic mass is 9.95. The highest BCUT2D eigenvalue weighted by Gasteiger charge is 2.52. The molecule has 0 saturated carbocycles. The first-order valence-electron chi connectivity index (χ1n) is 12.5. The standard InChI is InChI=1S/C28H22ClF2N5O4S/c1-37-26-24(36-13-21(34-35-36)17-8-19(30)23(29)20(31)9-17)25-22(14-38-27(40-25)16-5-3-2-4-6-16)39-28(26)41-18-7-15(10-32)11-33-12-18/h2-9,11-13,22,24-28H,14H2,1H3/t22?,24?,25-,26-,27?,28+/m0/s1. The molecule has 2 aromatic carbocycles. The number of rotatable bonds is 6. The van der Waals surface area contributed by atoms with Crippen LogP contribution >= 0.6 is 23.4 Å². The van der Waals surface area contributed by atoms with E-state index < -0.39 is 52.7 Å². The summed E-state index contributed by atoms with van der Waals surface area (Å²) in [5.41, 5.74) is 1.07. The summed E-state index contributed by atoms with van der Waals surface area (Å²) in [4.78, 5) is 4.85. The average Bonchev–Trinajstić information content (AvgIpc) is 3.49. The van der Waals surface area contributed by atoms with Crippen LogP contribution in [-0.4, -0.2) is 57.4 Å². The van der Waals surface area contributed by atoms with E-state index in [0.717, 1.165) is 17.7 Å². The Morgan fingerprint density at radius 3 is 2.63 bits per heavy atom. The molecule has 6 rings (SSSR count). The minimum absolute atomic E-state index is 0.175. The van der Waals surface area contributed by atoms with Crippen LogP contribution in [0, 0.1) is 23.0 Å². The summed E-state index contributed by atoms with van der Waals surface area (Å²) in [6.07, 6.45) is 2.29. The van der Waals surface area contributed by atoms with E-state index in [1.54, 1.807) is 30.3 Å². The third-order valence-corrected chi connectivity index (χ3v) is 8.31. The molecule has 0 aliphatic carbocycles. The molecule has 41 heavy (non-hydrogen) atoms. The molecular weight excluding hydrogens is 576 g/mol. The van der Waals surface area contributed by atoms with Gasteiger partial charge in [-0.1, -0.05) is 58.9 Å². The fraction of sp³-hybridized carbons (Fsp3) is 0.286. The van der Waals surface area contributed by atoms with Crippen molar-refractivity contribution in [3.05, 3.63) is 94.9 Å². The molecule has 0 radical (unpaired) electrons. The lowest BCUT2D eigenvalue weighted by Crippen LogP contribution is -2.59. The van der Waals surface area contributed by atoms with E-state index in [2.05, 4.69) is 21.4 Å². The number of nitrogens with zero attached hydrogens (tertiary/aromatic N) is 5. The van der Waals surface area contributed by atoms with Crippen molar-refractivity contribution in [1.82, 2.24) is 20.0 Å². The van der Waals surface area contributed by atoms with E-state index in [9.17, 15) is 14.0 Å². The number of methoxy groups -OCH3 is 1. The first-order valence-corrected chi connectivity index (χ1v) is 13.8. The zero-order valence-electron chi connectivity index (χ0n) is 21.4. The van der Waals surface area contributed by atoms with Gasteiger partial charge in [-0.3, -0.25) is 4.98 Å². The Balaban J connectivity index is 1.37. The topological polar surface area (TPSA) is 104 Å².